The topological polar surface area (TPSA) is 50.4 Å². The summed E-state index contributed by atoms with van der Waals surface area (Å²) in [5.74, 6) is -0.244. The molecule has 100 valence electrons. The van der Waals surface area contributed by atoms with Gasteiger partial charge in [-0.05, 0) is 17.7 Å². The lowest BCUT2D eigenvalue weighted by atomic mass is 10.1. The van der Waals surface area contributed by atoms with Gasteiger partial charge in [-0.25, -0.2) is 4.79 Å². The molecule has 0 fully saturated rings. The van der Waals surface area contributed by atoms with Crippen LogP contribution in [0.1, 0.15) is 11.1 Å². The number of halogens is 3. The van der Waals surface area contributed by atoms with Gasteiger partial charge in [0.1, 0.15) is 5.75 Å². The number of benzene rings is 1. The van der Waals surface area contributed by atoms with Crippen LogP contribution in [0.4, 0.5) is 18.0 Å². The lowest BCUT2D eigenvalue weighted by Gasteiger charge is -2.13. The van der Waals surface area contributed by atoms with Gasteiger partial charge in [0.15, 0.2) is 0 Å². The van der Waals surface area contributed by atoms with Gasteiger partial charge in [0, 0.05) is 13.6 Å². The quantitative estimate of drug-likeness (QED) is 0.876. The fourth-order valence-electron chi connectivity index (χ4n) is 1.36. The SMILES string of the molecule is CNC(=O)NCc1ccc(OC)c(C(F)(F)F)c1. The van der Waals surface area contributed by atoms with Crippen molar-refractivity contribution in [1.29, 1.82) is 0 Å². The molecular formula is C11H13F3N2O2. The molecule has 0 aliphatic heterocycles. The lowest BCUT2D eigenvalue weighted by Crippen LogP contribution is -2.32. The summed E-state index contributed by atoms with van der Waals surface area (Å²) in [6.45, 7) is 0.00669. The van der Waals surface area contributed by atoms with Crippen molar-refractivity contribution in [1.82, 2.24) is 10.6 Å². The molecule has 0 radical (unpaired) electrons. The van der Waals surface area contributed by atoms with Crippen molar-refractivity contribution in [2.24, 2.45) is 0 Å². The summed E-state index contributed by atoms with van der Waals surface area (Å²) in [7, 11) is 2.59. The predicted octanol–water partition coefficient (Wildman–Crippen LogP) is 2.14. The van der Waals surface area contributed by atoms with Crippen LogP contribution < -0.4 is 15.4 Å². The molecule has 0 unspecified atom stereocenters. The number of urea groups is 1. The molecule has 0 aromatic heterocycles. The molecule has 7 heteroatoms. The van der Waals surface area contributed by atoms with Crippen molar-refractivity contribution in [2.75, 3.05) is 14.2 Å². The molecule has 2 N–H and O–H groups in total. The van der Waals surface area contributed by atoms with Crippen LogP contribution in [0.5, 0.6) is 5.75 Å². The first kappa shape index (κ1) is 14.1. The summed E-state index contributed by atoms with van der Waals surface area (Å²) in [5, 5.41) is 4.71. The number of carbonyl (C=O) groups is 1. The van der Waals surface area contributed by atoms with Gasteiger partial charge < -0.3 is 15.4 Å². The third-order valence-corrected chi connectivity index (χ3v) is 2.25. The third kappa shape index (κ3) is 3.54. The van der Waals surface area contributed by atoms with Crippen LogP contribution in [-0.4, -0.2) is 20.2 Å². The van der Waals surface area contributed by atoms with Gasteiger partial charge in [0.05, 0.1) is 12.7 Å². The van der Waals surface area contributed by atoms with Gasteiger partial charge in [-0.2, -0.15) is 13.2 Å². The van der Waals surface area contributed by atoms with E-state index in [9.17, 15) is 18.0 Å². The fourth-order valence-corrected chi connectivity index (χ4v) is 1.36. The zero-order chi connectivity index (χ0) is 13.8. The van der Waals surface area contributed by atoms with E-state index in [1.165, 1.54) is 26.3 Å². The molecule has 0 spiro atoms. The Bertz CT molecular complexity index is 433. The maximum Gasteiger partial charge on any atom is 0.419 e. The summed E-state index contributed by atoms with van der Waals surface area (Å²) in [5.41, 5.74) is -0.520. The molecule has 0 saturated heterocycles. The zero-order valence-corrected chi connectivity index (χ0v) is 9.89. The molecule has 1 rings (SSSR count). The summed E-state index contributed by atoms with van der Waals surface area (Å²) < 4.78 is 42.8. The first-order valence-corrected chi connectivity index (χ1v) is 5.08. The number of nitrogens with one attached hydrogen (secondary N) is 2. The molecular weight excluding hydrogens is 249 g/mol. The number of ether oxygens (including phenoxy) is 1. The van der Waals surface area contributed by atoms with Gasteiger partial charge in [-0.1, -0.05) is 6.07 Å². The van der Waals surface area contributed by atoms with E-state index >= 15 is 0 Å². The van der Waals surface area contributed by atoms with Crippen molar-refractivity contribution in [3.05, 3.63) is 29.3 Å². The Hall–Kier alpha value is -1.92. The van der Waals surface area contributed by atoms with Crippen LogP contribution in [-0.2, 0) is 12.7 Å². The Morgan fingerprint density at radius 3 is 2.56 bits per heavy atom. The average molecular weight is 262 g/mol. The number of rotatable bonds is 3. The normalized spacial score (nSPS) is 10.9. The summed E-state index contributed by atoms with van der Waals surface area (Å²) in [4.78, 5) is 10.9. The Kier molecular flexibility index (Phi) is 4.41. The van der Waals surface area contributed by atoms with Crippen molar-refractivity contribution in [3.63, 3.8) is 0 Å². The largest absolute Gasteiger partial charge is 0.496 e. The number of carbonyl (C=O) groups excluding carboxylic acids is 1. The first-order valence-electron chi connectivity index (χ1n) is 5.08. The van der Waals surface area contributed by atoms with Gasteiger partial charge in [-0.3, -0.25) is 0 Å². The highest BCUT2D eigenvalue weighted by Gasteiger charge is 2.34. The predicted molar refractivity (Wildman–Crippen MR) is 59.3 cm³/mol. The number of amides is 2. The Morgan fingerprint density at radius 1 is 1.39 bits per heavy atom. The highest BCUT2D eigenvalue weighted by Crippen LogP contribution is 2.36. The second kappa shape index (κ2) is 5.61. The molecule has 0 aliphatic rings. The van der Waals surface area contributed by atoms with E-state index in [1.54, 1.807) is 0 Å². The average Bonchev–Trinajstić information content (AvgIpc) is 2.34. The maximum atomic E-state index is 12.7. The minimum atomic E-state index is -4.49. The van der Waals surface area contributed by atoms with Crippen molar-refractivity contribution in [2.45, 2.75) is 12.7 Å². The summed E-state index contributed by atoms with van der Waals surface area (Å²) in [6, 6.07) is 3.18. The molecule has 2 amide bonds. The fraction of sp³-hybridized carbons (Fsp3) is 0.364. The highest BCUT2D eigenvalue weighted by molar-refractivity contribution is 5.73. The molecule has 0 aliphatic carbocycles. The van der Waals surface area contributed by atoms with Crippen LogP contribution >= 0.6 is 0 Å². The van der Waals surface area contributed by atoms with Gasteiger partial charge in [0.2, 0.25) is 0 Å². The Morgan fingerprint density at radius 2 is 2.06 bits per heavy atom. The first-order chi connectivity index (χ1) is 8.38. The van der Waals surface area contributed by atoms with Crippen LogP contribution in [0, 0.1) is 0 Å². The number of methoxy groups -OCH3 is 1. The second-order valence-corrected chi connectivity index (χ2v) is 3.47. The Labute approximate surface area is 102 Å². The van der Waals surface area contributed by atoms with Gasteiger partial charge >= 0.3 is 12.2 Å². The monoisotopic (exact) mass is 262 g/mol. The number of alkyl halides is 3. The maximum absolute atomic E-state index is 12.7. The van der Waals surface area contributed by atoms with Crippen molar-refractivity contribution < 1.29 is 22.7 Å². The minimum Gasteiger partial charge on any atom is -0.496 e. The van der Waals surface area contributed by atoms with Crippen molar-refractivity contribution in [3.8, 4) is 5.75 Å². The van der Waals surface area contributed by atoms with E-state index in [0.29, 0.717) is 5.56 Å². The molecule has 0 heterocycles. The third-order valence-electron chi connectivity index (χ3n) is 2.25. The van der Waals surface area contributed by atoms with Crippen LogP contribution in [0.2, 0.25) is 0 Å². The van der Waals surface area contributed by atoms with E-state index in [4.69, 9.17) is 0 Å². The van der Waals surface area contributed by atoms with E-state index in [-0.39, 0.29) is 12.3 Å². The number of hydrogen-bond acceptors (Lipinski definition) is 2. The second-order valence-electron chi connectivity index (χ2n) is 3.47. The van der Waals surface area contributed by atoms with E-state index in [2.05, 4.69) is 15.4 Å². The molecule has 1 aromatic carbocycles. The van der Waals surface area contributed by atoms with E-state index in [1.807, 2.05) is 0 Å². The number of hydrogen-bond donors (Lipinski definition) is 2. The van der Waals surface area contributed by atoms with E-state index in [0.717, 1.165) is 6.07 Å². The minimum absolute atomic E-state index is 0.00669. The summed E-state index contributed by atoms with van der Waals surface area (Å²) >= 11 is 0. The lowest BCUT2D eigenvalue weighted by molar-refractivity contribution is -0.138. The van der Waals surface area contributed by atoms with Crippen LogP contribution in [0.3, 0.4) is 0 Å². The molecule has 0 atom stereocenters. The van der Waals surface area contributed by atoms with Gasteiger partial charge in [-0.15, -0.1) is 0 Å². The van der Waals surface area contributed by atoms with Crippen LogP contribution in [0.25, 0.3) is 0 Å². The molecule has 18 heavy (non-hydrogen) atoms. The van der Waals surface area contributed by atoms with Crippen LogP contribution in [0.15, 0.2) is 18.2 Å². The molecule has 4 nitrogen and oxygen atoms in total. The highest BCUT2D eigenvalue weighted by atomic mass is 19.4. The summed E-state index contributed by atoms with van der Waals surface area (Å²) in [6.07, 6.45) is -4.49. The van der Waals surface area contributed by atoms with E-state index < -0.39 is 17.8 Å². The molecule has 1 aromatic rings. The Balaban J connectivity index is 2.93. The standard InChI is InChI=1S/C11H13F3N2O2/c1-15-10(17)16-6-7-3-4-9(18-2)8(5-7)11(12,13)14/h3-5H,6H2,1-2H3,(H2,15,16,17). The van der Waals surface area contributed by atoms with Crippen molar-refractivity contribution >= 4 is 6.03 Å². The van der Waals surface area contributed by atoms with Gasteiger partial charge in [0.25, 0.3) is 0 Å². The molecule has 0 bridgehead atoms. The molecule has 0 saturated carbocycles. The smallest absolute Gasteiger partial charge is 0.419 e. The zero-order valence-electron chi connectivity index (χ0n) is 9.89.